The number of nitrogens with one attached hydrogen (secondary N) is 1. The monoisotopic (exact) mass is 288 g/mol. The van der Waals surface area contributed by atoms with Gasteiger partial charge in [-0.1, -0.05) is 24.8 Å². The fourth-order valence-corrected chi connectivity index (χ4v) is 3.80. The first-order valence-electron chi connectivity index (χ1n) is 8.19. The SMILES string of the molecule is C=C/C=C(\C(=C/C)C1CCCN1)C1CCC(C(N)=O)CC1. The van der Waals surface area contributed by atoms with E-state index in [0.717, 1.165) is 32.2 Å². The number of carbonyl (C=O) groups is 1. The predicted octanol–water partition coefficient (Wildman–Crippen LogP) is 3.09. The molecule has 1 atom stereocenters. The number of allylic oxidation sites excluding steroid dienone is 3. The van der Waals surface area contributed by atoms with Gasteiger partial charge in [0.1, 0.15) is 0 Å². The summed E-state index contributed by atoms with van der Waals surface area (Å²) in [6.45, 7) is 7.12. The maximum atomic E-state index is 11.3. The van der Waals surface area contributed by atoms with Crippen LogP contribution >= 0.6 is 0 Å². The summed E-state index contributed by atoms with van der Waals surface area (Å²) in [5.74, 6) is 0.475. The molecule has 3 N–H and O–H groups in total. The van der Waals surface area contributed by atoms with Crippen molar-refractivity contribution in [3.63, 3.8) is 0 Å². The molecule has 2 aliphatic rings. The van der Waals surface area contributed by atoms with E-state index < -0.39 is 0 Å². The molecule has 1 saturated carbocycles. The molecule has 0 aromatic rings. The van der Waals surface area contributed by atoms with Crippen LogP contribution in [0.25, 0.3) is 0 Å². The summed E-state index contributed by atoms with van der Waals surface area (Å²) in [5.41, 5.74) is 8.28. The Hall–Kier alpha value is -1.35. The highest BCUT2D eigenvalue weighted by Gasteiger charge is 2.30. The number of primary amides is 1. The van der Waals surface area contributed by atoms with Crippen LogP contribution in [0.4, 0.5) is 0 Å². The van der Waals surface area contributed by atoms with E-state index in [4.69, 9.17) is 5.73 Å². The van der Waals surface area contributed by atoms with Crippen LogP contribution in [0.15, 0.2) is 36.0 Å². The van der Waals surface area contributed by atoms with Gasteiger partial charge in [-0.25, -0.2) is 0 Å². The maximum absolute atomic E-state index is 11.3. The van der Waals surface area contributed by atoms with E-state index in [1.165, 1.54) is 24.0 Å². The summed E-state index contributed by atoms with van der Waals surface area (Å²) in [6, 6.07) is 0.482. The molecule has 2 fully saturated rings. The summed E-state index contributed by atoms with van der Waals surface area (Å²) in [5, 5.41) is 3.60. The lowest BCUT2D eigenvalue weighted by Gasteiger charge is -2.31. The zero-order valence-corrected chi connectivity index (χ0v) is 13.1. The Balaban J connectivity index is 2.10. The molecule has 0 bridgehead atoms. The zero-order chi connectivity index (χ0) is 15.2. The predicted molar refractivity (Wildman–Crippen MR) is 87.7 cm³/mol. The minimum atomic E-state index is -0.133. The first kappa shape index (κ1) is 16.0. The van der Waals surface area contributed by atoms with Crippen LogP contribution in [0, 0.1) is 11.8 Å². The Labute approximate surface area is 128 Å². The van der Waals surface area contributed by atoms with Crippen LogP contribution in [0.3, 0.4) is 0 Å². The third-order valence-corrected chi connectivity index (χ3v) is 4.95. The van der Waals surface area contributed by atoms with Crippen molar-refractivity contribution in [2.24, 2.45) is 17.6 Å². The van der Waals surface area contributed by atoms with Crippen molar-refractivity contribution in [1.29, 1.82) is 0 Å². The largest absolute Gasteiger partial charge is 0.369 e. The molecule has 1 heterocycles. The van der Waals surface area contributed by atoms with Gasteiger partial charge in [0.2, 0.25) is 5.91 Å². The van der Waals surface area contributed by atoms with Gasteiger partial charge in [-0.05, 0) is 69.1 Å². The molecule has 3 heteroatoms. The lowest BCUT2D eigenvalue weighted by Crippen LogP contribution is -2.30. The van der Waals surface area contributed by atoms with Crippen LogP contribution in [0.5, 0.6) is 0 Å². The number of hydrogen-bond acceptors (Lipinski definition) is 2. The van der Waals surface area contributed by atoms with E-state index in [2.05, 4.69) is 31.0 Å². The molecule has 0 aromatic heterocycles. The van der Waals surface area contributed by atoms with Crippen LogP contribution in [0.1, 0.15) is 45.4 Å². The van der Waals surface area contributed by atoms with Crippen molar-refractivity contribution < 1.29 is 4.79 Å². The number of rotatable bonds is 5. The molecule has 2 rings (SSSR count). The van der Waals surface area contributed by atoms with Crippen molar-refractivity contribution >= 4 is 5.91 Å². The van der Waals surface area contributed by atoms with Gasteiger partial charge in [0, 0.05) is 12.0 Å². The Bertz CT molecular complexity index is 436. The fourth-order valence-electron chi connectivity index (χ4n) is 3.80. The molecule has 1 aliphatic carbocycles. The van der Waals surface area contributed by atoms with Gasteiger partial charge in [0.15, 0.2) is 0 Å². The lowest BCUT2D eigenvalue weighted by molar-refractivity contribution is -0.122. The van der Waals surface area contributed by atoms with Crippen molar-refractivity contribution in [2.45, 2.75) is 51.5 Å². The average Bonchev–Trinajstić information content (AvgIpc) is 3.01. The second kappa shape index (κ2) is 7.60. The van der Waals surface area contributed by atoms with Gasteiger partial charge >= 0.3 is 0 Å². The van der Waals surface area contributed by atoms with Crippen molar-refractivity contribution in [3.8, 4) is 0 Å². The normalized spacial score (nSPS) is 31.2. The smallest absolute Gasteiger partial charge is 0.220 e. The van der Waals surface area contributed by atoms with Crippen molar-refractivity contribution in [3.05, 3.63) is 36.0 Å². The molecule has 0 radical (unpaired) electrons. The van der Waals surface area contributed by atoms with Gasteiger partial charge < -0.3 is 11.1 Å². The van der Waals surface area contributed by atoms with E-state index >= 15 is 0 Å². The summed E-state index contributed by atoms with van der Waals surface area (Å²) < 4.78 is 0. The molecular weight excluding hydrogens is 260 g/mol. The highest BCUT2D eigenvalue weighted by molar-refractivity contribution is 5.76. The summed E-state index contributed by atoms with van der Waals surface area (Å²) in [7, 11) is 0. The first-order valence-corrected chi connectivity index (χ1v) is 8.19. The summed E-state index contributed by atoms with van der Waals surface area (Å²) >= 11 is 0. The zero-order valence-electron chi connectivity index (χ0n) is 13.1. The number of carbonyl (C=O) groups excluding carboxylic acids is 1. The summed E-state index contributed by atoms with van der Waals surface area (Å²) in [6.07, 6.45) is 12.7. The Morgan fingerprint density at radius 1 is 1.14 bits per heavy atom. The Kier molecular flexibility index (Phi) is 5.80. The highest BCUT2D eigenvalue weighted by atomic mass is 16.1. The maximum Gasteiger partial charge on any atom is 0.220 e. The average molecular weight is 288 g/mol. The van der Waals surface area contributed by atoms with Crippen LogP contribution in [-0.2, 0) is 4.79 Å². The van der Waals surface area contributed by atoms with Gasteiger partial charge in [-0.3, -0.25) is 4.79 Å². The molecule has 3 nitrogen and oxygen atoms in total. The molecule has 116 valence electrons. The molecule has 1 amide bonds. The topological polar surface area (TPSA) is 55.1 Å². The number of amides is 1. The van der Waals surface area contributed by atoms with E-state index in [1.54, 1.807) is 0 Å². The minimum Gasteiger partial charge on any atom is -0.369 e. The lowest BCUT2D eigenvalue weighted by atomic mass is 9.75. The second-order valence-corrected chi connectivity index (χ2v) is 6.20. The highest BCUT2D eigenvalue weighted by Crippen LogP contribution is 2.38. The molecule has 1 unspecified atom stereocenters. The molecule has 0 spiro atoms. The second-order valence-electron chi connectivity index (χ2n) is 6.20. The van der Waals surface area contributed by atoms with Crippen LogP contribution in [-0.4, -0.2) is 18.5 Å². The molecular formula is C18H28N2O. The molecule has 1 saturated heterocycles. The Morgan fingerprint density at radius 2 is 1.81 bits per heavy atom. The van der Waals surface area contributed by atoms with Gasteiger partial charge in [-0.15, -0.1) is 0 Å². The summed E-state index contributed by atoms with van der Waals surface area (Å²) in [4.78, 5) is 11.3. The third kappa shape index (κ3) is 3.85. The van der Waals surface area contributed by atoms with E-state index in [-0.39, 0.29) is 11.8 Å². The number of hydrogen-bond donors (Lipinski definition) is 2. The van der Waals surface area contributed by atoms with E-state index in [0.29, 0.717) is 12.0 Å². The minimum absolute atomic E-state index is 0.0740. The number of nitrogens with two attached hydrogens (primary N) is 1. The van der Waals surface area contributed by atoms with Gasteiger partial charge in [-0.2, -0.15) is 0 Å². The van der Waals surface area contributed by atoms with Gasteiger partial charge in [0.05, 0.1) is 0 Å². The molecule has 1 aliphatic heterocycles. The van der Waals surface area contributed by atoms with Crippen LogP contribution in [0.2, 0.25) is 0 Å². The van der Waals surface area contributed by atoms with Crippen LogP contribution < -0.4 is 11.1 Å². The van der Waals surface area contributed by atoms with E-state index in [9.17, 15) is 4.79 Å². The Morgan fingerprint density at radius 3 is 2.29 bits per heavy atom. The fraction of sp³-hybridized carbons (Fsp3) is 0.611. The quantitative estimate of drug-likeness (QED) is 0.764. The van der Waals surface area contributed by atoms with Gasteiger partial charge in [0.25, 0.3) is 0 Å². The molecule has 21 heavy (non-hydrogen) atoms. The molecule has 0 aromatic carbocycles. The van der Waals surface area contributed by atoms with E-state index in [1.807, 2.05) is 6.08 Å². The third-order valence-electron chi connectivity index (χ3n) is 4.95. The standard InChI is InChI=1S/C18H28N2O/c1-3-6-16(15(4-2)17-7-5-12-20-17)13-8-10-14(11-9-13)18(19)21/h3-4,6,13-14,17,20H,1,5,7-12H2,2H3,(H2,19,21)/b15-4+,16-6-. The first-order chi connectivity index (χ1) is 10.2. The van der Waals surface area contributed by atoms with Crippen molar-refractivity contribution in [2.75, 3.05) is 6.54 Å². The van der Waals surface area contributed by atoms with Crippen molar-refractivity contribution in [1.82, 2.24) is 5.32 Å².